The van der Waals surface area contributed by atoms with Crippen LogP contribution in [0.1, 0.15) is 13.8 Å². The van der Waals surface area contributed by atoms with Crippen LogP contribution in [-0.4, -0.2) is 25.5 Å². The molecule has 1 aromatic rings. The summed E-state index contributed by atoms with van der Waals surface area (Å²) in [7, 11) is 1.51. The quantitative estimate of drug-likeness (QED) is 0.627. The van der Waals surface area contributed by atoms with E-state index < -0.39 is 11.3 Å². The zero-order valence-corrected chi connectivity index (χ0v) is 13.1. The molecule has 0 saturated carbocycles. The van der Waals surface area contributed by atoms with Gasteiger partial charge in [-0.1, -0.05) is 17.7 Å². The lowest BCUT2D eigenvalue weighted by Crippen LogP contribution is -2.45. The predicted molar refractivity (Wildman–Crippen MR) is 83.6 cm³/mol. The molecule has 0 bridgehead atoms. The first-order valence-corrected chi connectivity index (χ1v) is 6.75. The van der Waals surface area contributed by atoms with Gasteiger partial charge in [0.25, 0.3) is 0 Å². The van der Waals surface area contributed by atoms with Crippen LogP contribution < -0.4 is 15.4 Å². The molecule has 6 heteroatoms. The second kappa shape index (κ2) is 7.13. The predicted octanol–water partition coefficient (Wildman–Crippen LogP) is 2.62. The Morgan fingerprint density at radius 3 is 2.57 bits per heavy atom. The van der Waals surface area contributed by atoms with Gasteiger partial charge >= 0.3 is 0 Å². The Bertz CT molecular complexity index is 556. The average molecular weight is 311 g/mol. The van der Waals surface area contributed by atoms with Gasteiger partial charge in [-0.2, -0.15) is 0 Å². The molecule has 0 heterocycles. The fourth-order valence-electron chi connectivity index (χ4n) is 1.52. The molecule has 0 radical (unpaired) electrons. The summed E-state index contributed by atoms with van der Waals surface area (Å²) in [6.07, 6.45) is 1.55. The molecule has 0 fully saturated rings. The summed E-state index contributed by atoms with van der Waals surface area (Å²) in [6, 6.07) is 4.86. The highest BCUT2D eigenvalue weighted by Gasteiger charge is 2.35. The average Bonchev–Trinajstić information content (AvgIpc) is 2.44. The number of ether oxygens (including phenoxy) is 1. The normalized spacial score (nSPS) is 10.7. The van der Waals surface area contributed by atoms with Gasteiger partial charge in [-0.05, 0) is 32.0 Å². The molecule has 2 amide bonds. The number of rotatable bonds is 6. The van der Waals surface area contributed by atoms with E-state index in [1.54, 1.807) is 38.1 Å². The highest BCUT2D eigenvalue weighted by atomic mass is 35.5. The third-order valence-electron chi connectivity index (χ3n) is 2.95. The first kappa shape index (κ1) is 17.0. The molecule has 0 saturated heterocycles. The van der Waals surface area contributed by atoms with Gasteiger partial charge in [-0.15, -0.1) is 6.58 Å². The topological polar surface area (TPSA) is 67.4 Å². The molecule has 21 heavy (non-hydrogen) atoms. The lowest BCUT2D eigenvalue weighted by molar-refractivity contribution is -0.138. The number of methoxy groups -OCH3 is 1. The van der Waals surface area contributed by atoms with Crippen molar-refractivity contribution in [3.63, 3.8) is 0 Å². The molecule has 0 aromatic heterocycles. The third kappa shape index (κ3) is 4.23. The van der Waals surface area contributed by atoms with Crippen molar-refractivity contribution in [1.29, 1.82) is 0 Å². The number of carbonyl (C=O) groups excluding carboxylic acids is 2. The first-order valence-electron chi connectivity index (χ1n) is 6.37. The Labute approximate surface area is 129 Å². The summed E-state index contributed by atoms with van der Waals surface area (Å²) >= 11 is 5.99. The van der Waals surface area contributed by atoms with E-state index in [0.717, 1.165) is 0 Å². The Hall–Kier alpha value is -2.01. The Balaban J connectivity index is 2.82. The Morgan fingerprint density at radius 2 is 2.05 bits per heavy atom. The van der Waals surface area contributed by atoms with E-state index in [4.69, 9.17) is 16.3 Å². The van der Waals surface area contributed by atoms with Crippen LogP contribution in [0.5, 0.6) is 5.75 Å². The minimum Gasteiger partial charge on any atom is -0.495 e. The highest BCUT2D eigenvalue weighted by molar-refractivity contribution is 6.32. The number of hydrogen-bond donors (Lipinski definition) is 2. The number of hydrogen-bond acceptors (Lipinski definition) is 3. The number of benzene rings is 1. The molecule has 0 atom stereocenters. The van der Waals surface area contributed by atoms with Crippen molar-refractivity contribution >= 4 is 29.1 Å². The van der Waals surface area contributed by atoms with Gasteiger partial charge in [0.1, 0.15) is 11.2 Å². The molecule has 5 nitrogen and oxygen atoms in total. The van der Waals surface area contributed by atoms with Gasteiger partial charge in [-0.25, -0.2) is 0 Å². The van der Waals surface area contributed by atoms with E-state index >= 15 is 0 Å². The van der Waals surface area contributed by atoms with Crippen molar-refractivity contribution in [2.75, 3.05) is 19.0 Å². The van der Waals surface area contributed by atoms with Crippen LogP contribution in [0.2, 0.25) is 5.02 Å². The molecular formula is C15H19ClN2O3. The molecule has 0 spiro atoms. The smallest absolute Gasteiger partial charge is 0.239 e. The molecule has 2 N–H and O–H groups in total. The first-order chi connectivity index (χ1) is 9.82. The van der Waals surface area contributed by atoms with Crippen LogP contribution in [0.25, 0.3) is 0 Å². The molecule has 0 unspecified atom stereocenters. The monoisotopic (exact) mass is 310 g/mol. The third-order valence-corrected chi connectivity index (χ3v) is 3.25. The van der Waals surface area contributed by atoms with Crippen molar-refractivity contribution < 1.29 is 14.3 Å². The van der Waals surface area contributed by atoms with Crippen molar-refractivity contribution in [2.45, 2.75) is 13.8 Å². The van der Waals surface area contributed by atoms with E-state index in [1.807, 2.05) is 0 Å². The fourth-order valence-corrected chi connectivity index (χ4v) is 1.78. The van der Waals surface area contributed by atoms with Crippen LogP contribution in [0.3, 0.4) is 0 Å². The number of carbonyl (C=O) groups is 2. The maximum absolute atomic E-state index is 12.2. The maximum atomic E-state index is 12.2. The number of nitrogens with one attached hydrogen (secondary N) is 2. The SMILES string of the molecule is C=CCNC(=O)C(C)(C)C(=O)Nc1ccc(OC)c(Cl)c1. The zero-order valence-electron chi connectivity index (χ0n) is 12.3. The standard InChI is InChI=1S/C15H19ClN2O3/c1-5-8-17-13(19)15(2,3)14(20)18-10-6-7-12(21-4)11(16)9-10/h5-7,9H,1,8H2,2-4H3,(H,17,19)(H,18,20). The lowest BCUT2D eigenvalue weighted by Gasteiger charge is -2.22. The van der Waals surface area contributed by atoms with Crippen molar-refractivity contribution in [3.05, 3.63) is 35.9 Å². The molecule has 1 aromatic carbocycles. The minimum atomic E-state index is -1.21. The van der Waals surface area contributed by atoms with E-state index in [1.165, 1.54) is 7.11 Å². The van der Waals surface area contributed by atoms with Crippen molar-refractivity contribution in [2.24, 2.45) is 5.41 Å². The van der Waals surface area contributed by atoms with Gasteiger partial charge < -0.3 is 15.4 Å². The van der Waals surface area contributed by atoms with Crippen molar-refractivity contribution in [3.8, 4) is 5.75 Å². The van der Waals surface area contributed by atoms with Gasteiger partial charge in [0, 0.05) is 12.2 Å². The number of anilines is 1. The van der Waals surface area contributed by atoms with E-state index in [9.17, 15) is 9.59 Å². The zero-order chi connectivity index (χ0) is 16.0. The summed E-state index contributed by atoms with van der Waals surface area (Å²) in [5.41, 5.74) is -0.717. The summed E-state index contributed by atoms with van der Waals surface area (Å²) in [6.45, 7) is 6.92. The van der Waals surface area contributed by atoms with Gasteiger partial charge in [0.2, 0.25) is 11.8 Å². The Kier molecular flexibility index (Phi) is 5.79. The molecule has 0 aliphatic carbocycles. The van der Waals surface area contributed by atoms with Crippen LogP contribution >= 0.6 is 11.6 Å². The van der Waals surface area contributed by atoms with Crippen LogP contribution in [-0.2, 0) is 9.59 Å². The van der Waals surface area contributed by atoms with E-state index in [2.05, 4.69) is 17.2 Å². The van der Waals surface area contributed by atoms with E-state index in [0.29, 0.717) is 23.0 Å². The maximum Gasteiger partial charge on any atom is 0.239 e. The Morgan fingerprint density at radius 1 is 1.38 bits per heavy atom. The van der Waals surface area contributed by atoms with Gasteiger partial charge in [0.15, 0.2) is 0 Å². The number of amides is 2. The second-order valence-electron chi connectivity index (χ2n) is 4.93. The summed E-state index contributed by atoms with van der Waals surface area (Å²) in [5.74, 6) is -0.289. The molecule has 114 valence electrons. The van der Waals surface area contributed by atoms with E-state index in [-0.39, 0.29) is 5.91 Å². The summed E-state index contributed by atoms with van der Waals surface area (Å²) in [4.78, 5) is 24.2. The second-order valence-corrected chi connectivity index (χ2v) is 5.33. The summed E-state index contributed by atoms with van der Waals surface area (Å²) in [5, 5.41) is 5.65. The molecule has 0 aliphatic rings. The summed E-state index contributed by atoms with van der Waals surface area (Å²) < 4.78 is 5.04. The van der Waals surface area contributed by atoms with Crippen LogP contribution in [0, 0.1) is 5.41 Å². The van der Waals surface area contributed by atoms with Gasteiger partial charge in [-0.3, -0.25) is 9.59 Å². The number of halogens is 1. The lowest BCUT2D eigenvalue weighted by atomic mass is 9.91. The molecule has 1 rings (SSSR count). The largest absolute Gasteiger partial charge is 0.495 e. The molecular weight excluding hydrogens is 292 g/mol. The van der Waals surface area contributed by atoms with Crippen molar-refractivity contribution in [1.82, 2.24) is 5.32 Å². The molecule has 0 aliphatic heterocycles. The van der Waals surface area contributed by atoms with Crippen LogP contribution in [0.15, 0.2) is 30.9 Å². The van der Waals surface area contributed by atoms with Gasteiger partial charge in [0.05, 0.1) is 12.1 Å². The van der Waals surface area contributed by atoms with Crippen LogP contribution in [0.4, 0.5) is 5.69 Å². The fraction of sp³-hybridized carbons (Fsp3) is 0.333. The minimum absolute atomic E-state index is 0.309. The highest BCUT2D eigenvalue weighted by Crippen LogP contribution is 2.28.